The van der Waals surface area contributed by atoms with E-state index < -0.39 is 5.97 Å². The maximum absolute atomic E-state index is 12.1. The molecule has 6 heteroatoms. The highest BCUT2D eigenvalue weighted by Crippen LogP contribution is 2.24. The summed E-state index contributed by atoms with van der Waals surface area (Å²) < 4.78 is 5.00. The molecule has 1 aliphatic rings. The number of carbonyl (C=O) groups excluding carboxylic acids is 1. The summed E-state index contributed by atoms with van der Waals surface area (Å²) in [6.45, 7) is 1.58. The molecule has 1 heterocycles. The van der Waals surface area contributed by atoms with Gasteiger partial charge in [-0.05, 0) is 38.2 Å². The molecule has 1 atom stereocenters. The molecule has 20 heavy (non-hydrogen) atoms. The maximum Gasteiger partial charge on any atom is 0.337 e. The number of nitrogens with zero attached hydrogens (tertiary/aromatic N) is 1. The predicted molar refractivity (Wildman–Crippen MR) is 74.2 cm³/mol. The van der Waals surface area contributed by atoms with Crippen molar-refractivity contribution < 1.29 is 19.4 Å². The van der Waals surface area contributed by atoms with Crippen molar-refractivity contribution >= 4 is 17.6 Å². The molecule has 108 valence electrons. The van der Waals surface area contributed by atoms with E-state index in [9.17, 15) is 14.7 Å². The van der Waals surface area contributed by atoms with E-state index in [1.165, 1.54) is 13.2 Å². The Bertz CT molecular complexity index is 530. The van der Waals surface area contributed by atoms with E-state index >= 15 is 0 Å². The van der Waals surface area contributed by atoms with Crippen LogP contribution in [0.4, 0.5) is 5.69 Å². The van der Waals surface area contributed by atoms with Crippen LogP contribution in [0.1, 0.15) is 16.8 Å². The van der Waals surface area contributed by atoms with Crippen LogP contribution in [0.25, 0.3) is 0 Å². The Morgan fingerprint density at radius 3 is 2.75 bits per heavy atom. The van der Waals surface area contributed by atoms with Crippen LogP contribution in [0.15, 0.2) is 18.2 Å². The average molecular weight is 278 g/mol. The molecule has 1 aromatic carbocycles. The van der Waals surface area contributed by atoms with Crippen LogP contribution >= 0.6 is 0 Å². The largest absolute Gasteiger partial charge is 0.497 e. The van der Waals surface area contributed by atoms with Crippen molar-refractivity contribution in [2.45, 2.75) is 6.42 Å². The lowest BCUT2D eigenvalue weighted by atomic mass is 10.1. The molecule has 6 nitrogen and oxygen atoms in total. The third kappa shape index (κ3) is 3.08. The number of carboxylic acid groups (broad SMARTS) is 1. The van der Waals surface area contributed by atoms with E-state index in [1.807, 2.05) is 7.05 Å². The Morgan fingerprint density at radius 2 is 2.20 bits per heavy atom. The number of carbonyl (C=O) groups is 2. The molecule has 0 aromatic heterocycles. The number of carboxylic acids is 1. The predicted octanol–water partition coefficient (Wildman–Crippen LogP) is 1.28. The Balaban J connectivity index is 2.16. The highest BCUT2D eigenvalue weighted by atomic mass is 16.5. The zero-order valence-corrected chi connectivity index (χ0v) is 11.5. The Morgan fingerprint density at radius 1 is 1.45 bits per heavy atom. The van der Waals surface area contributed by atoms with Gasteiger partial charge in [-0.2, -0.15) is 0 Å². The number of methoxy groups -OCH3 is 1. The van der Waals surface area contributed by atoms with E-state index in [2.05, 4.69) is 10.2 Å². The fourth-order valence-electron chi connectivity index (χ4n) is 2.32. The van der Waals surface area contributed by atoms with Gasteiger partial charge in [-0.25, -0.2) is 4.79 Å². The first-order valence-corrected chi connectivity index (χ1v) is 6.42. The SMILES string of the molecule is COc1ccc(NC(=O)C2CCN(C)C2)c(C(=O)O)c1. The average Bonchev–Trinajstić information content (AvgIpc) is 2.85. The van der Waals surface area contributed by atoms with Crippen LogP contribution in [0.2, 0.25) is 0 Å². The van der Waals surface area contributed by atoms with Crippen molar-refractivity contribution in [1.29, 1.82) is 0 Å². The Labute approximate surface area is 117 Å². The van der Waals surface area contributed by atoms with Gasteiger partial charge in [-0.1, -0.05) is 0 Å². The zero-order valence-electron chi connectivity index (χ0n) is 11.5. The number of rotatable bonds is 4. The first-order valence-electron chi connectivity index (χ1n) is 6.42. The number of anilines is 1. The van der Waals surface area contributed by atoms with Gasteiger partial charge in [0.1, 0.15) is 5.75 Å². The molecular weight excluding hydrogens is 260 g/mol. The normalized spacial score (nSPS) is 18.8. The van der Waals surface area contributed by atoms with Crippen LogP contribution in [0, 0.1) is 5.92 Å². The van der Waals surface area contributed by atoms with Crippen LogP contribution in [0.5, 0.6) is 5.75 Å². The molecule has 1 amide bonds. The number of hydrogen-bond acceptors (Lipinski definition) is 4. The molecule has 2 N–H and O–H groups in total. The monoisotopic (exact) mass is 278 g/mol. The van der Waals surface area contributed by atoms with Crippen molar-refractivity contribution in [2.75, 3.05) is 32.6 Å². The van der Waals surface area contributed by atoms with Gasteiger partial charge in [-0.15, -0.1) is 0 Å². The van der Waals surface area contributed by atoms with Crippen LogP contribution in [0.3, 0.4) is 0 Å². The van der Waals surface area contributed by atoms with Crippen LogP contribution in [-0.4, -0.2) is 49.1 Å². The topological polar surface area (TPSA) is 78.9 Å². The van der Waals surface area contributed by atoms with Crippen molar-refractivity contribution in [1.82, 2.24) is 4.90 Å². The first kappa shape index (κ1) is 14.3. The Kier molecular flexibility index (Phi) is 4.24. The molecule has 1 saturated heterocycles. The summed E-state index contributed by atoms with van der Waals surface area (Å²) in [5.41, 5.74) is 0.335. The van der Waals surface area contributed by atoms with E-state index in [0.29, 0.717) is 18.0 Å². The van der Waals surface area contributed by atoms with Crippen molar-refractivity contribution in [3.8, 4) is 5.75 Å². The lowest BCUT2D eigenvalue weighted by Crippen LogP contribution is -2.26. The van der Waals surface area contributed by atoms with Crippen LogP contribution in [-0.2, 0) is 4.79 Å². The zero-order chi connectivity index (χ0) is 14.7. The van der Waals surface area contributed by atoms with Gasteiger partial charge in [0.25, 0.3) is 0 Å². The molecule has 2 rings (SSSR count). The van der Waals surface area contributed by atoms with Gasteiger partial charge in [0.05, 0.1) is 24.3 Å². The summed E-state index contributed by atoms with van der Waals surface area (Å²) in [5.74, 6) is -0.880. The summed E-state index contributed by atoms with van der Waals surface area (Å²) in [7, 11) is 3.43. The van der Waals surface area contributed by atoms with E-state index in [0.717, 1.165) is 13.0 Å². The van der Waals surface area contributed by atoms with Gasteiger partial charge < -0.3 is 20.1 Å². The van der Waals surface area contributed by atoms with E-state index in [-0.39, 0.29) is 17.4 Å². The number of hydrogen-bond donors (Lipinski definition) is 2. The molecule has 0 radical (unpaired) electrons. The molecular formula is C14H18N2O4. The van der Waals surface area contributed by atoms with E-state index in [4.69, 9.17) is 4.74 Å². The molecule has 1 aromatic rings. The van der Waals surface area contributed by atoms with Crippen molar-refractivity contribution in [3.63, 3.8) is 0 Å². The van der Waals surface area contributed by atoms with Crippen molar-refractivity contribution in [2.24, 2.45) is 5.92 Å². The standard InChI is InChI=1S/C14H18N2O4/c1-16-6-5-9(8-16)13(17)15-12-4-3-10(20-2)7-11(12)14(18)19/h3-4,7,9H,5-6,8H2,1-2H3,(H,15,17)(H,18,19). The summed E-state index contributed by atoms with van der Waals surface area (Å²) in [5, 5.41) is 11.9. The lowest BCUT2D eigenvalue weighted by Gasteiger charge is -2.13. The fraction of sp³-hybridized carbons (Fsp3) is 0.429. The van der Waals surface area contributed by atoms with Gasteiger partial charge in [0.15, 0.2) is 0 Å². The number of ether oxygens (including phenoxy) is 1. The molecule has 1 aliphatic heterocycles. The minimum absolute atomic E-state index is 0.0315. The first-order chi connectivity index (χ1) is 9.51. The second-order valence-electron chi connectivity index (χ2n) is 4.95. The summed E-state index contributed by atoms with van der Waals surface area (Å²) in [6, 6.07) is 4.58. The second kappa shape index (κ2) is 5.92. The molecule has 1 unspecified atom stereocenters. The number of amides is 1. The highest BCUT2D eigenvalue weighted by molar-refractivity contribution is 6.01. The second-order valence-corrected chi connectivity index (χ2v) is 4.95. The molecule has 0 aliphatic carbocycles. The highest BCUT2D eigenvalue weighted by Gasteiger charge is 2.27. The van der Waals surface area contributed by atoms with Gasteiger partial charge in [-0.3, -0.25) is 4.79 Å². The summed E-state index contributed by atoms with van der Waals surface area (Å²) in [4.78, 5) is 25.4. The van der Waals surface area contributed by atoms with Gasteiger partial charge in [0.2, 0.25) is 5.91 Å². The van der Waals surface area contributed by atoms with Gasteiger partial charge >= 0.3 is 5.97 Å². The van der Waals surface area contributed by atoms with Gasteiger partial charge in [0, 0.05) is 6.54 Å². The van der Waals surface area contributed by atoms with Crippen LogP contribution < -0.4 is 10.1 Å². The Hall–Kier alpha value is -2.08. The molecule has 0 saturated carbocycles. The summed E-state index contributed by atoms with van der Waals surface area (Å²) >= 11 is 0. The van der Waals surface area contributed by atoms with E-state index in [1.54, 1.807) is 12.1 Å². The molecule has 0 spiro atoms. The molecule has 1 fully saturated rings. The lowest BCUT2D eigenvalue weighted by molar-refractivity contribution is -0.119. The third-order valence-electron chi connectivity index (χ3n) is 3.48. The van der Waals surface area contributed by atoms with Crippen molar-refractivity contribution in [3.05, 3.63) is 23.8 Å². The third-order valence-corrected chi connectivity index (χ3v) is 3.48. The number of aromatic carboxylic acids is 1. The quantitative estimate of drug-likeness (QED) is 0.867. The smallest absolute Gasteiger partial charge is 0.337 e. The summed E-state index contributed by atoms with van der Waals surface area (Å²) in [6.07, 6.45) is 0.793. The number of benzene rings is 1. The number of nitrogens with one attached hydrogen (secondary N) is 1. The maximum atomic E-state index is 12.1. The molecule has 0 bridgehead atoms. The minimum atomic E-state index is -1.09. The number of likely N-dealkylation sites (tertiary alicyclic amines) is 1. The fourth-order valence-corrected chi connectivity index (χ4v) is 2.32. The minimum Gasteiger partial charge on any atom is -0.497 e.